The second-order valence-electron chi connectivity index (χ2n) is 3.59. The van der Waals surface area contributed by atoms with Crippen LogP contribution in [0.5, 0.6) is 5.75 Å². The molecule has 0 unspecified atom stereocenters. The molecule has 2 aromatic carbocycles. The molecule has 0 radical (unpaired) electrons. The van der Waals surface area contributed by atoms with E-state index in [1.165, 1.54) is 0 Å². The molecule has 2 rings (SSSR count). The van der Waals surface area contributed by atoms with Crippen LogP contribution in [0, 0.1) is 12.3 Å². The van der Waals surface area contributed by atoms with Gasteiger partial charge in [-0.15, -0.1) is 6.42 Å². The van der Waals surface area contributed by atoms with Gasteiger partial charge < -0.3 is 4.74 Å². The number of ether oxygens (including phenoxy) is 1. The molecule has 0 aliphatic rings. The normalized spacial score (nSPS) is 9.65. The van der Waals surface area contributed by atoms with Crippen LogP contribution in [-0.4, -0.2) is 0 Å². The molecule has 0 amide bonds. The molecule has 0 aliphatic carbocycles. The van der Waals surface area contributed by atoms with E-state index in [4.69, 9.17) is 22.8 Å². The van der Waals surface area contributed by atoms with E-state index in [9.17, 15) is 0 Å². The molecule has 0 aromatic heterocycles. The van der Waals surface area contributed by atoms with Crippen LogP contribution >= 0.6 is 11.6 Å². The largest absolute Gasteiger partial charge is 0.489 e. The van der Waals surface area contributed by atoms with Gasteiger partial charge in [-0.1, -0.05) is 29.7 Å². The van der Waals surface area contributed by atoms with E-state index >= 15 is 0 Å². The summed E-state index contributed by atoms with van der Waals surface area (Å²) < 4.78 is 5.62. The summed E-state index contributed by atoms with van der Waals surface area (Å²) in [7, 11) is 0. The number of benzene rings is 2. The van der Waals surface area contributed by atoms with Gasteiger partial charge >= 0.3 is 0 Å². The number of halogens is 1. The zero-order valence-corrected chi connectivity index (χ0v) is 9.95. The van der Waals surface area contributed by atoms with Crippen LogP contribution in [0.4, 0.5) is 0 Å². The summed E-state index contributed by atoms with van der Waals surface area (Å²) >= 11 is 5.89. The topological polar surface area (TPSA) is 9.23 Å². The molecule has 0 N–H and O–H groups in total. The number of hydrogen-bond acceptors (Lipinski definition) is 1. The van der Waals surface area contributed by atoms with Crippen molar-refractivity contribution in [3.8, 4) is 18.1 Å². The minimum Gasteiger partial charge on any atom is -0.489 e. The van der Waals surface area contributed by atoms with Gasteiger partial charge in [0.1, 0.15) is 12.4 Å². The third-order valence-electron chi connectivity index (χ3n) is 2.32. The highest BCUT2D eigenvalue weighted by Gasteiger charge is 1.97. The maximum atomic E-state index is 5.89. The van der Waals surface area contributed by atoms with Crippen LogP contribution in [0.15, 0.2) is 48.5 Å². The Morgan fingerprint density at radius 3 is 2.53 bits per heavy atom. The van der Waals surface area contributed by atoms with E-state index in [1.807, 2.05) is 48.5 Å². The van der Waals surface area contributed by atoms with E-state index in [2.05, 4.69) is 5.92 Å². The van der Waals surface area contributed by atoms with E-state index < -0.39 is 0 Å². The van der Waals surface area contributed by atoms with Crippen LogP contribution in [0.25, 0.3) is 0 Å². The molecule has 0 saturated carbocycles. The first-order chi connectivity index (χ1) is 8.28. The third kappa shape index (κ3) is 3.27. The Kier molecular flexibility index (Phi) is 3.69. The molecule has 0 saturated heterocycles. The van der Waals surface area contributed by atoms with Gasteiger partial charge in [0, 0.05) is 10.6 Å². The van der Waals surface area contributed by atoms with Crippen molar-refractivity contribution in [3.05, 3.63) is 64.7 Å². The van der Waals surface area contributed by atoms with Crippen molar-refractivity contribution in [2.24, 2.45) is 0 Å². The van der Waals surface area contributed by atoms with Crippen molar-refractivity contribution in [1.29, 1.82) is 0 Å². The smallest absolute Gasteiger partial charge is 0.119 e. The zero-order valence-electron chi connectivity index (χ0n) is 9.19. The Hall–Kier alpha value is -1.91. The lowest BCUT2D eigenvalue weighted by Gasteiger charge is -2.06. The first-order valence-corrected chi connectivity index (χ1v) is 5.59. The fraction of sp³-hybridized carbons (Fsp3) is 0.0667. The second kappa shape index (κ2) is 5.43. The Labute approximate surface area is 106 Å². The van der Waals surface area contributed by atoms with Crippen LogP contribution < -0.4 is 4.74 Å². The molecular formula is C15H11ClO. The first-order valence-electron chi connectivity index (χ1n) is 5.22. The van der Waals surface area contributed by atoms with Gasteiger partial charge in [0.25, 0.3) is 0 Å². The average molecular weight is 243 g/mol. The number of terminal acetylenes is 1. The van der Waals surface area contributed by atoms with Crippen LogP contribution in [-0.2, 0) is 6.61 Å². The van der Waals surface area contributed by atoms with Crippen molar-refractivity contribution in [2.75, 3.05) is 0 Å². The highest BCUT2D eigenvalue weighted by atomic mass is 35.5. The molecule has 0 spiro atoms. The van der Waals surface area contributed by atoms with Gasteiger partial charge in [0.2, 0.25) is 0 Å². The summed E-state index contributed by atoms with van der Waals surface area (Å²) in [5.74, 6) is 3.36. The molecule has 0 bridgehead atoms. The molecule has 1 nitrogen and oxygen atoms in total. The maximum absolute atomic E-state index is 5.89. The summed E-state index contributed by atoms with van der Waals surface area (Å²) in [4.78, 5) is 0. The molecule has 2 aromatic rings. The minimum atomic E-state index is 0.496. The SMILES string of the molecule is C#Cc1ccc(OCc2cccc(Cl)c2)cc1. The van der Waals surface area contributed by atoms with Gasteiger partial charge in [-0.3, -0.25) is 0 Å². The second-order valence-corrected chi connectivity index (χ2v) is 4.02. The highest BCUT2D eigenvalue weighted by molar-refractivity contribution is 6.30. The monoisotopic (exact) mass is 242 g/mol. The molecular weight excluding hydrogens is 232 g/mol. The standard InChI is InChI=1S/C15H11ClO/c1-2-12-6-8-15(9-7-12)17-11-13-4-3-5-14(16)10-13/h1,3-10H,11H2. The summed E-state index contributed by atoms with van der Waals surface area (Å²) in [5.41, 5.74) is 1.89. The number of hydrogen-bond donors (Lipinski definition) is 0. The van der Waals surface area contributed by atoms with Gasteiger partial charge in [0.05, 0.1) is 0 Å². The van der Waals surface area contributed by atoms with Crippen molar-refractivity contribution in [3.63, 3.8) is 0 Å². The van der Waals surface area contributed by atoms with Crippen molar-refractivity contribution in [2.45, 2.75) is 6.61 Å². The van der Waals surface area contributed by atoms with Gasteiger partial charge in [0.15, 0.2) is 0 Å². The zero-order chi connectivity index (χ0) is 12.1. The fourth-order valence-corrected chi connectivity index (χ4v) is 1.65. The quantitative estimate of drug-likeness (QED) is 0.742. The average Bonchev–Trinajstić information content (AvgIpc) is 2.37. The summed E-state index contributed by atoms with van der Waals surface area (Å²) in [6.45, 7) is 0.496. The molecule has 17 heavy (non-hydrogen) atoms. The van der Waals surface area contributed by atoms with Crippen LogP contribution in [0.1, 0.15) is 11.1 Å². The van der Waals surface area contributed by atoms with Crippen molar-refractivity contribution >= 4 is 11.6 Å². The Morgan fingerprint density at radius 1 is 1.12 bits per heavy atom. The van der Waals surface area contributed by atoms with Crippen LogP contribution in [0.3, 0.4) is 0 Å². The molecule has 0 aliphatic heterocycles. The van der Waals surface area contributed by atoms with E-state index in [1.54, 1.807) is 0 Å². The molecule has 0 fully saturated rings. The van der Waals surface area contributed by atoms with Gasteiger partial charge in [-0.2, -0.15) is 0 Å². The lowest BCUT2D eigenvalue weighted by atomic mass is 10.2. The molecule has 84 valence electrons. The van der Waals surface area contributed by atoms with Gasteiger partial charge in [-0.25, -0.2) is 0 Å². The predicted octanol–water partition coefficient (Wildman–Crippen LogP) is 3.90. The third-order valence-corrected chi connectivity index (χ3v) is 2.55. The highest BCUT2D eigenvalue weighted by Crippen LogP contribution is 2.15. The Balaban J connectivity index is 2.00. The Bertz CT molecular complexity index is 538. The van der Waals surface area contributed by atoms with E-state index in [0.29, 0.717) is 11.6 Å². The summed E-state index contributed by atoms with van der Waals surface area (Å²) in [6, 6.07) is 15.0. The molecule has 0 heterocycles. The Morgan fingerprint density at radius 2 is 1.88 bits per heavy atom. The van der Waals surface area contributed by atoms with Crippen LogP contribution in [0.2, 0.25) is 5.02 Å². The maximum Gasteiger partial charge on any atom is 0.119 e. The van der Waals surface area contributed by atoms with Crippen molar-refractivity contribution in [1.82, 2.24) is 0 Å². The number of rotatable bonds is 3. The van der Waals surface area contributed by atoms with E-state index in [-0.39, 0.29) is 0 Å². The predicted molar refractivity (Wildman–Crippen MR) is 70.2 cm³/mol. The minimum absolute atomic E-state index is 0.496. The molecule has 2 heteroatoms. The summed E-state index contributed by atoms with van der Waals surface area (Å²) in [5, 5.41) is 0.716. The lowest BCUT2D eigenvalue weighted by molar-refractivity contribution is 0.306. The van der Waals surface area contributed by atoms with Crippen molar-refractivity contribution < 1.29 is 4.74 Å². The summed E-state index contributed by atoms with van der Waals surface area (Å²) in [6.07, 6.45) is 5.28. The first kappa shape index (κ1) is 11.6. The fourth-order valence-electron chi connectivity index (χ4n) is 1.44. The van der Waals surface area contributed by atoms with E-state index in [0.717, 1.165) is 16.9 Å². The van der Waals surface area contributed by atoms with Gasteiger partial charge in [-0.05, 0) is 42.0 Å². The molecule has 0 atom stereocenters. The lowest BCUT2D eigenvalue weighted by Crippen LogP contribution is -1.95.